The lowest BCUT2D eigenvalue weighted by Crippen LogP contribution is -2.21. The molecule has 0 bridgehead atoms. The molecule has 0 amide bonds. The summed E-state index contributed by atoms with van der Waals surface area (Å²) in [5, 5.41) is 21.0. The van der Waals surface area contributed by atoms with Crippen LogP contribution in [0.1, 0.15) is 47.9 Å². The molecule has 1 atom stereocenters. The first-order chi connectivity index (χ1) is 11.9. The molecule has 1 unspecified atom stereocenters. The molecule has 25 heavy (non-hydrogen) atoms. The molecule has 130 valence electrons. The molecule has 0 fully saturated rings. The molecule has 2 aromatic carbocycles. The van der Waals surface area contributed by atoms with E-state index in [-0.39, 0.29) is 35.0 Å². The Balaban J connectivity index is 2.07. The Kier molecular flexibility index (Phi) is 4.73. The number of ether oxygens (including phenoxy) is 1. The summed E-state index contributed by atoms with van der Waals surface area (Å²) in [5.41, 5.74) is 2.54. The number of rotatable bonds is 3. The van der Waals surface area contributed by atoms with Gasteiger partial charge in [-0.3, -0.25) is 4.79 Å². The van der Waals surface area contributed by atoms with Crippen LogP contribution in [0.15, 0.2) is 42.0 Å². The van der Waals surface area contributed by atoms with Gasteiger partial charge in [0.1, 0.15) is 28.9 Å². The summed E-state index contributed by atoms with van der Waals surface area (Å²) in [5.74, 6) is -0.297. The summed E-state index contributed by atoms with van der Waals surface area (Å²) < 4.78 is 6.04. The van der Waals surface area contributed by atoms with E-state index < -0.39 is 6.10 Å². The van der Waals surface area contributed by atoms with E-state index in [9.17, 15) is 15.0 Å². The first-order valence-corrected chi connectivity index (χ1v) is 8.41. The maximum absolute atomic E-state index is 12.6. The number of hydrogen-bond acceptors (Lipinski definition) is 4. The molecule has 0 saturated carbocycles. The standard InChI is InChI=1S/C20H19ClO4/c1-11(2)3-8-14-15(22)9-16(23)19-17(24)10-18(25-20(14)19)12-4-6-13(21)7-5-12/h3-7,9,18,22-23H,8,10H2,1-2H3. The van der Waals surface area contributed by atoms with Gasteiger partial charge in [0.15, 0.2) is 5.78 Å². The minimum Gasteiger partial charge on any atom is -0.507 e. The molecule has 2 N–H and O–H groups in total. The van der Waals surface area contributed by atoms with Crippen molar-refractivity contribution in [3.63, 3.8) is 0 Å². The van der Waals surface area contributed by atoms with Crippen LogP contribution >= 0.6 is 11.6 Å². The first kappa shape index (κ1) is 17.4. The summed E-state index contributed by atoms with van der Waals surface area (Å²) in [6.07, 6.45) is 1.99. The highest BCUT2D eigenvalue weighted by atomic mass is 35.5. The third-order valence-electron chi connectivity index (χ3n) is 4.21. The second-order valence-corrected chi connectivity index (χ2v) is 6.80. The number of fused-ring (bicyclic) bond motifs is 1. The fraction of sp³-hybridized carbons (Fsp3) is 0.250. The van der Waals surface area contributed by atoms with Crippen LogP contribution < -0.4 is 4.74 Å². The number of phenols is 2. The van der Waals surface area contributed by atoms with Crippen molar-refractivity contribution >= 4 is 17.4 Å². The Morgan fingerprint density at radius 3 is 2.56 bits per heavy atom. The van der Waals surface area contributed by atoms with Gasteiger partial charge >= 0.3 is 0 Å². The van der Waals surface area contributed by atoms with Gasteiger partial charge in [-0.15, -0.1) is 0 Å². The molecule has 1 aliphatic heterocycles. The summed E-state index contributed by atoms with van der Waals surface area (Å²) >= 11 is 5.92. The molecule has 1 heterocycles. The summed E-state index contributed by atoms with van der Waals surface area (Å²) in [6.45, 7) is 3.90. The SMILES string of the molecule is CC(C)=CCc1c(O)cc(O)c2c1OC(c1ccc(Cl)cc1)CC2=O. The van der Waals surface area contributed by atoms with Crippen LogP contribution in [0, 0.1) is 0 Å². The van der Waals surface area contributed by atoms with E-state index in [0.29, 0.717) is 17.0 Å². The average molecular weight is 359 g/mol. The molecular formula is C20H19ClO4. The lowest BCUT2D eigenvalue weighted by molar-refractivity contribution is 0.0842. The monoisotopic (exact) mass is 358 g/mol. The second kappa shape index (κ2) is 6.81. The minimum atomic E-state index is -0.482. The first-order valence-electron chi connectivity index (χ1n) is 8.03. The third-order valence-corrected chi connectivity index (χ3v) is 4.46. The van der Waals surface area contributed by atoms with Crippen molar-refractivity contribution in [1.29, 1.82) is 0 Å². The molecule has 0 aromatic heterocycles. The Bertz CT molecular complexity index is 849. The molecule has 2 aromatic rings. The maximum atomic E-state index is 12.6. The Morgan fingerprint density at radius 1 is 1.24 bits per heavy atom. The van der Waals surface area contributed by atoms with Crippen LogP contribution in [0.3, 0.4) is 0 Å². The van der Waals surface area contributed by atoms with Crippen LogP contribution in [-0.4, -0.2) is 16.0 Å². The number of benzene rings is 2. The average Bonchev–Trinajstić information content (AvgIpc) is 2.54. The van der Waals surface area contributed by atoms with E-state index in [2.05, 4.69) is 0 Å². The van der Waals surface area contributed by atoms with E-state index >= 15 is 0 Å². The highest BCUT2D eigenvalue weighted by Crippen LogP contribution is 2.45. The third kappa shape index (κ3) is 3.49. The van der Waals surface area contributed by atoms with Gasteiger partial charge in [0.2, 0.25) is 0 Å². The number of phenolic OH excluding ortho intramolecular Hbond substituents is 2. The predicted molar refractivity (Wildman–Crippen MR) is 96.7 cm³/mol. The normalized spacial score (nSPS) is 16.1. The maximum Gasteiger partial charge on any atom is 0.174 e. The van der Waals surface area contributed by atoms with Gasteiger partial charge in [0, 0.05) is 16.7 Å². The summed E-state index contributed by atoms with van der Waals surface area (Å²) in [6, 6.07) is 8.30. The van der Waals surface area contributed by atoms with Gasteiger partial charge in [-0.1, -0.05) is 35.4 Å². The molecule has 4 nitrogen and oxygen atoms in total. The zero-order valence-corrected chi connectivity index (χ0v) is 14.8. The van der Waals surface area contributed by atoms with Crippen molar-refractivity contribution in [2.45, 2.75) is 32.8 Å². The van der Waals surface area contributed by atoms with Crippen molar-refractivity contribution in [1.82, 2.24) is 0 Å². The topological polar surface area (TPSA) is 66.8 Å². The largest absolute Gasteiger partial charge is 0.507 e. The van der Waals surface area contributed by atoms with Crippen molar-refractivity contribution in [3.05, 3.63) is 63.7 Å². The van der Waals surface area contributed by atoms with E-state index in [1.54, 1.807) is 12.1 Å². The molecule has 1 aliphatic rings. The van der Waals surface area contributed by atoms with Crippen LogP contribution in [0.25, 0.3) is 0 Å². The van der Waals surface area contributed by atoms with Gasteiger partial charge in [-0.25, -0.2) is 0 Å². The van der Waals surface area contributed by atoms with Crippen molar-refractivity contribution in [3.8, 4) is 17.2 Å². The second-order valence-electron chi connectivity index (χ2n) is 6.37. The minimum absolute atomic E-state index is 0.0849. The van der Waals surface area contributed by atoms with E-state index in [1.807, 2.05) is 32.1 Å². The van der Waals surface area contributed by atoms with Crippen LogP contribution in [0.5, 0.6) is 17.2 Å². The molecule has 0 radical (unpaired) electrons. The van der Waals surface area contributed by atoms with E-state index in [1.165, 1.54) is 6.07 Å². The number of ketones is 1. The van der Waals surface area contributed by atoms with E-state index in [0.717, 1.165) is 11.1 Å². The zero-order valence-electron chi connectivity index (χ0n) is 14.0. The molecule has 0 spiro atoms. The molecule has 0 saturated heterocycles. The molecular weight excluding hydrogens is 340 g/mol. The number of carbonyl (C=O) groups is 1. The fourth-order valence-electron chi connectivity index (χ4n) is 2.89. The highest BCUT2D eigenvalue weighted by molar-refractivity contribution is 6.30. The summed E-state index contributed by atoms with van der Waals surface area (Å²) in [4.78, 5) is 12.6. The van der Waals surface area contributed by atoms with Crippen molar-refractivity contribution < 1.29 is 19.7 Å². The summed E-state index contributed by atoms with van der Waals surface area (Å²) in [7, 11) is 0. The van der Waals surface area contributed by atoms with Gasteiger partial charge in [0.05, 0.1) is 6.42 Å². The van der Waals surface area contributed by atoms with E-state index in [4.69, 9.17) is 16.3 Å². The van der Waals surface area contributed by atoms with Gasteiger partial charge in [-0.05, 0) is 38.0 Å². The van der Waals surface area contributed by atoms with Crippen LogP contribution in [0.2, 0.25) is 5.02 Å². The smallest absolute Gasteiger partial charge is 0.174 e. The molecule has 0 aliphatic carbocycles. The van der Waals surface area contributed by atoms with Crippen molar-refractivity contribution in [2.75, 3.05) is 0 Å². The number of carbonyl (C=O) groups excluding carboxylic acids is 1. The van der Waals surface area contributed by atoms with Gasteiger partial charge in [0.25, 0.3) is 0 Å². The highest BCUT2D eigenvalue weighted by Gasteiger charge is 2.33. The number of halogens is 1. The predicted octanol–water partition coefficient (Wildman–Crippen LogP) is 4.97. The fourth-order valence-corrected chi connectivity index (χ4v) is 3.02. The van der Waals surface area contributed by atoms with Gasteiger partial charge < -0.3 is 14.9 Å². The number of aromatic hydroxyl groups is 2. The Labute approximate surface area is 151 Å². The number of allylic oxidation sites excluding steroid dienone is 2. The molecule has 5 heteroatoms. The lowest BCUT2D eigenvalue weighted by atomic mass is 9.92. The van der Waals surface area contributed by atoms with Crippen LogP contribution in [0.4, 0.5) is 0 Å². The number of Topliss-reactive ketones (excluding diaryl/α,β-unsaturated/α-hetero) is 1. The van der Waals surface area contributed by atoms with Gasteiger partial charge in [-0.2, -0.15) is 0 Å². The quantitative estimate of drug-likeness (QED) is 0.760. The molecule has 3 rings (SSSR count). The lowest BCUT2D eigenvalue weighted by Gasteiger charge is -2.28. The Morgan fingerprint density at radius 2 is 1.92 bits per heavy atom. The van der Waals surface area contributed by atoms with Crippen LogP contribution in [-0.2, 0) is 6.42 Å². The van der Waals surface area contributed by atoms with Crippen molar-refractivity contribution in [2.24, 2.45) is 0 Å². The zero-order chi connectivity index (χ0) is 18.1. The Hall–Kier alpha value is -2.46. The number of hydrogen-bond donors (Lipinski definition) is 2.